The molecule has 0 unspecified atom stereocenters. The van der Waals surface area contributed by atoms with Crippen molar-refractivity contribution in [2.75, 3.05) is 18.1 Å². The lowest BCUT2D eigenvalue weighted by Crippen LogP contribution is -2.46. The molecule has 0 bridgehead atoms. The fraction of sp³-hybridized carbons (Fsp3) is 0.529. The van der Waals surface area contributed by atoms with Gasteiger partial charge in [0, 0.05) is 12.6 Å². The van der Waals surface area contributed by atoms with Gasteiger partial charge in [-0.05, 0) is 44.9 Å². The number of amides is 1. The summed E-state index contributed by atoms with van der Waals surface area (Å²) in [6, 6.07) is 4.14. The summed E-state index contributed by atoms with van der Waals surface area (Å²) in [6.07, 6.45) is -0.683. The maximum Gasteiger partial charge on any atom is 0.342 e. The van der Waals surface area contributed by atoms with Crippen LogP contribution in [0.3, 0.4) is 0 Å². The van der Waals surface area contributed by atoms with E-state index in [1.807, 2.05) is 0 Å². The Bertz CT molecular complexity index is 773. The topological polar surface area (TPSA) is 101 Å². The summed E-state index contributed by atoms with van der Waals surface area (Å²) in [5.41, 5.74) is 0.773. The third-order valence-corrected chi connectivity index (χ3v) is 6.03. The quantitative estimate of drug-likeness (QED) is 0.785. The Morgan fingerprint density at radius 1 is 1.40 bits per heavy atom. The van der Waals surface area contributed by atoms with Crippen LogP contribution in [-0.4, -0.2) is 60.5 Å². The molecule has 1 aliphatic rings. The number of rotatable bonds is 5. The van der Waals surface area contributed by atoms with E-state index in [0.29, 0.717) is 13.0 Å². The van der Waals surface area contributed by atoms with Crippen molar-refractivity contribution >= 4 is 21.7 Å². The molecule has 1 amide bonds. The number of carbonyl (C=O) groups excluding carboxylic acids is 2. The van der Waals surface area contributed by atoms with Crippen molar-refractivity contribution in [3.05, 3.63) is 29.3 Å². The van der Waals surface area contributed by atoms with E-state index < -0.39 is 33.9 Å². The van der Waals surface area contributed by atoms with Crippen LogP contribution in [0.4, 0.5) is 0 Å². The molecule has 25 heavy (non-hydrogen) atoms. The summed E-state index contributed by atoms with van der Waals surface area (Å²) >= 11 is 0. The molecule has 0 radical (unpaired) electrons. The van der Waals surface area contributed by atoms with Crippen LogP contribution in [-0.2, 0) is 19.4 Å². The summed E-state index contributed by atoms with van der Waals surface area (Å²) in [5.74, 6) is -1.45. The second kappa shape index (κ2) is 7.43. The highest BCUT2D eigenvalue weighted by Gasteiger charge is 2.36. The van der Waals surface area contributed by atoms with Crippen LogP contribution >= 0.6 is 0 Å². The molecule has 0 saturated carbocycles. The van der Waals surface area contributed by atoms with Crippen molar-refractivity contribution in [3.8, 4) is 5.75 Å². The van der Waals surface area contributed by atoms with Crippen molar-refractivity contribution in [2.45, 2.75) is 39.3 Å². The molecule has 1 fully saturated rings. The molecular formula is C17H23NO6S. The van der Waals surface area contributed by atoms with E-state index >= 15 is 0 Å². The molecule has 138 valence electrons. The highest BCUT2D eigenvalue weighted by atomic mass is 32.2. The van der Waals surface area contributed by atoms with Gasteiger partial charge >= 0.3 is 5.97 Å². The minimum Gasteiger partial charge on any atom is -0.507 e. The van der Waals surface area contributed by atoms with Crippen LogP contribution < -0.4 is 0 Å². The summed E-state index contributed by atoms with van der Waals surface area (Å²) in [5, 5.41) is 9.84. The Hall–Kier alpha value is -2.09. The van der Waals surface area contributed by atoms with Gasteiger partial charge in [-0.2, -0.15) is 0 Å². The van der Waals surface area contributed by atoms with Gasteiger partial charge in [-0.15, -0.1) is 0 Å². The van der Waals surface area contributed by atoms with Gasteiger partial charge in [0.25, 0.3) is 5.91 Å². The van der Waals surface area contributed by atoms with Gasteiger partial charge in [-0.1, -0.05) is 6.07 Å². The van der Waals surface area contributed by atoms with Crippen LogP contribution in [0, 0.1) is 6.92 Å². The first-order valence-corrected chi connectivity index (χ1v) is 9.98. The molecule has 0 spiro atoms. The molecule has 1 aromatic carbocycles. The number of hydrogen-bond donors (Lipinski definition) is 1. The molecule has 1 saturated heterocycles. The second-order valence-corrected chi connectivity index (χ2v) is 8.48. The van der Waals surface area contributed by atoms with E-state index in [1.54, 1.807) is 19.9 Å². The standard InChI is InChI=1S/C17H23NO6S/c1-4-18(13-7-8-25(22,23)10-13)16(20)12(3)24-17(21)14-6-5-11(2)9-15(14)19/h5-6,9,12-13,19H,4,7-8,10H2,1-3H3/t12-,13-/m0/s1. The zero-order valence-corrected chi connectivity index (χ0v) is 15.4. The Morgan fingerprint density at radius 2 is 2.08 bits per heavy atom. The lowest BCUT2D eigenvalue weighted by atomic mass is 10.1. The number of sulfone groups is 1. The maximum absolute atomic E-state index is 12.6. The van der Waals surface area contributed by atoms with Crippen LogP contribution in [0.1, 0.15) is 36.2 Å². The smallest absolute Gasteiger partial charge is 0.342 e. The predicted molar refractivity (Wildman–Crippen MR) is 92.2 cm³/mol. The Balaban J connectivity index is 2.06. The molecule has 1 heterocycles. The molecule has 8 heteroatoms. The van der Waals surface area contributed by atoms with Gasteiger partial charge in [0.15, 0.2) is 15.9 Å². The number of carbonyl (C=O) groups is 2. The number of ether oxygens (including phenoxy) is 1. The highest BCUT2D eigenvalue weighted by Crippen LogP contribution is 2.22. The van der Waals surface area contributed by atoms with Gasteiger partial charge in [0.1, 0.15) is 11.3 Å². The first kappa shape index (κ1) is 19.2. The number of benzene rings is 1. The number of nitrogens with zero attached hydrogens (tertiary/aromatic N) is 1. The monoisotopic (exact) mass is 369 g/mol. The number of phenols is 1. The number of aryl methyl sites for hydroxylation is 1. The molecule has 2 atom stereocenters. The van der Waals surface area contributed by atoms with Crippen LogP contribution in [0.5, 0.6) is 5.75 Å². The molecule has 0 aromatic heterocycles. The van der Waals surface area contributed by atoms with E-state index in [-0.39, 0.29) is 22.8 Å². The van der Waals surface area contributed by atoms with Crippen molar-refractivity contribution in [1.82, 2.24) is 4.90 Å². The third-order valence-electron chi connectivity index (χ3n) is 4.28. The summed E-state index contributed by atoms with van der Waals surface area (Å²) in [7, 11) is -3.12. The minimum absolute atomic E-state index is 0.0169. The van der Waals surface area contributed by atoms with E-state index in [2.05, 4.69) is 0 Å². The number of phenolic OH excluding ortho intramolecular Hbond substituents is 1. The lowest BCUT2D eigenvalue weighted by molar-refractivity contribution is -0.141. The third kappa shape index (κ3) is 4.50. The molecule has 7 nitrogen and oxygen atoms in total. The average molecular weight is 369 g/mol. The zero-order chi connectivity index (χ0) is 18.8. The number of aromatic hydroxyl groups is 1. The summed E-state index contributed by atoms with van der Waals surface area (Å²) in [6.45, 7) is 5.30. The minimum atomic E-state index is -3.12. The van der Waals surface area contributed by atoms with Gasteiger partial charge in [0.05, 0.1) is 11.5 Å². The van der Waals surface area contributed by atoms with Crippen molar-refractivity contribution < 1.29 is 27.9 Å². The van der Waals surface area contributed by atoms with Crippen molar-refractivity contribution in [1.29, 1.82) is 0 Å². The number of likely N-dealkylation sites (N-methyl/N-ethyl adjacent to an activating group) is 1. The molecule has 1 N–H and O–H groups in total. The van der Waals surface area contributed by atoms with Gasteiger partial charge < -0.3 is 14.7 Å². The van der Waals surface area contributed by atoms with Gasteiger partial charge in [-0.3, -0.25) is 4.79 Å². The fourth-order valence-electron chi connectivity index (χ4n) is 2.94. The van der Waals surface area contributed by atoms with E-state index in [4.69, 9.17) is 4.74 Å². The number of hydrogen-bond acceptors (Lipinski definition) is 6. The van der Waals surface area contributed by atoms with Crippen molar-refractivity contribution in [2.24, 2.45) is 0 Å². The zero-order valence-electron chi connectivity index (χ0n) is 14.6. The lowest BCUT2D eigenvalue weighted by Gasteiger charge is -2.29. The Morgan fingerprint density at radius 3 is 2.60 bits per heavy atom. The molecular weight excluding hydrogens is 346 g/mol. The van der Waals surface area contributed by atoms with Gasteiger partial charge in [0.2, 0.25) is 0 Å². The summed E-state index contributed by atoms with van der Waals surface area (Å²) in [4.78, 5) is 26.2. The second-order valence-electron chi connectivity index (χ2n) is 6.25. The molecule has 1 aromatic rings. The average Bonchev–Trinajstić information content (AvgIpc) is 2.87. The van der Waals surface area contributed by atoms with Crippen molar-refractivity contribution in [3.63, 3.8) is 0 Å². The van der Waals surface area contributed by atoms with Gasteiger partial charge in [-0.25, -0.2) is 13.2 Å². The predicted octanol–water partition coefficient (Wildman–Crippen LogP) is 1.28. The number of esters is 1. The summed E-state index contributed by atoms with van der Waals surface area (Å²) < 4.78 is 28.4. The largest absolute Gasteiger partial charge is 0.507 e. The van der Waals surface area contributed by atoms with E-state index in [1.165, 1.54) is 24.0 Å². The Kier molecular flexibility index (Phi) is 5.72. The molecule has 1 aliphatic heterocycles. The SMILES string of the molecule is CCN(C(=O)[C@H](C)OC(=O)c1ccc(C)cc1O)[C@H]1CCS(=O)(=O)C1. The Labute approximate surface area is 147 Å². The van der Waals surface area contributed by atoms with E-state index in [9.17, 15) is 23.1 Å². The van der Waals surface area contributed by atoms with Crippen LogP contribution in [0.15, 0.2) is 18.2 Å². The first-order chi connectivity index (χ1) is 11.6. The van der Waals surface area contributed by atoms with Crippen LogP contribution in [0.25, 0.3) is 0 Å². The fourth-order valence-corrected chi connectivity index (χ4v) is 4.67. The molecule has 0 aliphatic carbocycles. The maximum atomic E-state index is 12.6. The van der Waals surface area contributed by atoms with E-state index in [0.717, 1.165) is 5.56 Å². The van der Waals surface area contributed by atoms with Crippen LogP contribution in [0.2, 0.25) is 0 Å². The normalized spacial score (nSPS) is 20.0. The first-order valence-electron chi connectivity index (χ1n) is 8.16. The molecule has 2 rings (SSSR count). The highest BCUT2D eigenvalue weighted by molar-refractivity contribution is 7.91.